The minimum atomic E-state index is -0.480. The molecule has 1 aliphatic rings. The highest BCUT2D eigenvalue weighted by Crippen LogP contribution is 2.24. The summed E-state index contributed by atoms with van der Waals surface area (Å²) in [7, 11) is 3.39. The van der Waals surface area contributed by atoms with Crippen molar-refractivity contribution < 1.29 is 14.3 Å². The highest BCUT2D eigenvalue weighted by Gasteiger charge is 2.19. The number of ether oxygens (including phenoxy) is 1. The first-order valence-electron chi connectivity index (χ1n) is 7.81. The molecule has 2 aromatic heterocycles. The molecule has 0 atom stereocenters. The average molecular weight is 361 g/mol. The van der Waals surface area contributed by atoms with Crippen LogP contribution in [-0.2, 0) is 4.74 Å². The number of hydrogen-bond donors (Lipinski definition) is 1. The van der Waals surface area contributed by atoms with Gasteiger partial charge in [0.2, 0.25) is 0 Å². The summed E-state index contributed by atoms with van der Waals surface area (Å²) in [5.41, 5.74) is 0.674. The lowest BCUT2D eigenvalue weighted by Gasteiger charge is -2.33. The fourth-order valence-electron chi connectivity index (χ4n) is 2.52. The molecule has 1 saturated heterocycles. The quantitative estimate of drug-likeness (QED) is 0.822. The predicted octanol–water partition coefficient (Wildman–Crippen LogP) is 1.33. The Bertz CT molecular complexity index is 771. The number of rotatable bonds is 4. The van der Waals surface area contributed by atoms with Gasteiger partial charge in [0.25, 0.3) is 5.91 Å². The number of aromatic nitrogens is 2. The Morgan fingerprint density at radius 3 is 2.72 bits per heavy atom. The van der Waals surface area contributed by atoms with Gasteiger partial charge in [0, 0.05) is 32.2 Å². The molecule has 3 rings (SSSR count). The predicted molar refractivity (Wildman–Crippen MR) is 95.4 cm³/mol. The molecule has 0 radical (unpaired) electrons. The first-order chi connectivity index (χ1) is 12.1. The Hall–Kier alpha value is -2.52. The van der Waals surface area contributed by atoms with Crippen molar-refractivity contribution >= 4 is 34.7 Å². The summed E-state index contributed by atoms with van der Waals surface area (Å²) < 4.78 is 4.71. The molecule has 2 aromatic rings. The molecule has 0 bridgehead atoms. The summed E-state index contributed by atoms with van der Waals surface area (Å²) >= 11 is 1.21. The van der Waals surface area contributed by atoms with Crippen molar-refractivity contribution in [3.05, 3.63) is 34.4 Å². The zero-order chi connectivity index (χ0) is 17.8. The van der Waals surface area contributed by atoms with Crippen molar-refractivity contribution in [3.63, 3.8) is 0 Å². The van der Waals surface area contributed by atoms with E-state index >= 15 is 0 Å². The standard InChI is InChI=1S/C16H19N5O3S/c1-20-4-6-21(7-5-20)13-9-12(17-10-18-13)15(22)19-11-3-8-25-14(11)16(23)24-2/h3,8-10H,4-7H2,1-2H3,(H,19,22). The SMILES string of the molecule is COC(=O)c1sccc1NC(=O)c1cc(N2CCN(C)CC2)ncn1. The van der Waals surface area contributed by atoms with Crippen LogP contribution in [0.2, 0.25) is 0 Å². The molecule has 8 nitrogen and oxygen atoms in total. The highest BCUT2D eigenvalue weighted by atomic mass is 32.1. The van der Waals surface area contributed by atoms with Crippen molar-refractivity contribution in [2.75, 3.05) is 50.6 Å². The van der Waals surface area contributed by atoms with Gasteiger partial charge in [-0.15, -0.1) is 11.3 Å². The molecular weight excluding hydrogens is 342 g/mol. The van der Waals surface area contributed by atoms with Crippen LogP contribution in [0.3, 0.4) is 0 Å². The second-order valence-corrected chi connectivity index (χ2v) is 6.58. The topological polar surface area (TPSA) is 87.7 Å². The van der Waals surface area contributed by atoms with E-state index in [0.29, 0.717) is 10.6 Å². The number of amides is 1. The zero-order valence-corrected chi connectivity index (χ0v) is 14.9. The number of methoxy groups -OCH3 is 1. The van der Waals surface area contributed by atoms with Crippen molar-refractivity contribution in [3.8, 4) is 0 Å². The smallest absolute Gasteiger partial charge is 0.350 e. The number of piperazine rings is 1. The maximum atomic E-state index is 12.5. The third-order valence-electron chi connectivity index (χ3n) is 4.00. The molecule has 0 unspecified atom stereocenters. The van der Waals surface area contributed by atoms with Gasteiger partial charge in [0.05, 0.1) is 12.8 Å². The van der Waals surface area contributed by atoms with Crippen molar-refractivity contribution in [1.82, 2.24) is 14.9 Å². The van der Waals surface area contributed by atoms with Gasteiger partial charge in [-0.05, 0) is 18.5 Å². The molecule has 132 valence electrons. The van der Waals surface area contributed by atoms with E-state index in [9.17, 15) is 9.59 Å². The van der Waals surface area contributed by atoms with Crippen LogP contribution in [0.5, 0.6) is 0 Å². The van der Waals surface area contributed by atoms with E-state index in [4.69, 9.17) is 4.74 Å². The van der Waals surface area contributed by atoms with Crippen LogP contribution in [0.15, 0.2) is 23.8 Å². The van der Waals surface area contributed by atoms with E-state index in [1.807, 2.05) is 0 Å². The lowest BCUT2D eigenvalue weighted by atomic mass is 10.3. The van der Waals surface area contributed by atoms with Crippen LogP contribution in [0, 0.1) is 0 Å². The van der Waals surface area contributed by atoms with Crippen LogP contribution < -0.4 is 10.2 Å². The number of hydrogen-bond acceptors (Lipinski definition) is 8. The van der Waals surface area contributed by atoms with Crippen molar-refractivity contribution in [1.29, 1.82) is 0 Å². The fourth-order valence-corrected chi connectivity index (χ4v) is 3.29. The van der Waals surface area contributed by atoms with E-state index in [1.54, 1.807) is 17.5 Å². The van der Waals surface area contributed by atoms with Gasteiger partial charge < -0.3 is 19.9 Å². The van der Waals surface area contributed by atoms with Gasteiger partial charge >= 0.3 is 5.97 Å². The number of carbonyl (C=O) groups excluding carboxylic acids is 2. The molecule has 25 heavy (non-hydrogen) atoms. The molecule has 9 heteroatoms. The minimum absolute atomic E-state index is 0.256. The molecule has 0 aliphatic carbocycles. The van der Waals surface area contributed by atoms with Gasteiger partial charge in [0.15, 0.2) is 0 Å². The summed E-state index contributed by atoms with van der Waals surface area (Å²) in [5, 5.41) is 4.43. The van der Waals surface area contributed by atoms with Gasteiger partial charge in [-0.25, -0.2) is 14.8 Å². The van der Waals surface area contributed by atoms with Crippen molar-refractivity contribution in [2.24, 2.45) is 0 Å². The minimum Gasteiger partial charge on any atom is -0.465 e. The zero-order valence-electron chi connectivity index (χ0n) is 14.1. The van der Waals surface area contributed by atoms with E-state index in [2.05, 4.69) is 32.1 Å². The molecule has 0 spiro atoms. The molecular formula is C16H19N5O3S. The van der Waals surface area contributed by atoms with E-state index in [0.717, 1.165) is 32.0 Å². The number of nitrogens with one attached hydrogen (secondary N) is 1. The molecule has 3 heterocycles. The van der Waals surface area contributed by atoms with Gasteiger partial charge in [-0.3, -0.25) is 4.79 Å². The number of esters is 1. The summed E-state index contributed by atoms with van der Waals surface area (Å²) in [6.45, 7) is 3.60. The summed E-state index contributed by atoms with van der Waals surface area (Å²) in [6, 6.07) is 3.34. The van der Waals surface area contributed by atoms with Crippen LogP contribution in [0.25, 0.3) is 0 Å². The van der Waals surface area contributed by atoms with E-state index in [1.165, 1.54) is 24.8 Å². The van der Waals surface area contributed by atoms with Crippen LogP contribution >= 0.6 is 11.3 Å². The molecule has 0 saturated carbocycles. The third kappa shape index (κ3) is 3.94. The average Bonchev–Trinajstić information content (AvgIpc) is 3.10. The van der Waals surface area contributed by atoms with Gasteiger partial charge in [-0.2, -0.15) is 0 Å². The maximum Gasteiger partial charge on any atom is 0.350 e. The number of thiophene rings is 1. The van der Waals surface area contributed by atoms with Crippen LogP contribution in [0.1, 0.15) is 20.2 Å². The van der Waals surface area contributed by atoms with Gasteiger partial charge in [-0.1, -0.05) is 0 Å². The monoisotopic (exact) mass is 361 g/mol. The first kappa shape index (κ1) is 17.3. The normalized spacial score (nSPS) is 15.0. The second-order valence-electron chi connectivity index (χ2n) is 5.66. The molecule has 1 N–H and O–H groups in total. The Morgan fingerprint density at radius 2 is 2.00 bits per heavy atom. The number of anilines is 2. The second kappa shape index (κ2) is 7.58. The Labute approximate surface area is 149 Å². The molecule has 1 fully saturated rings. The van der Waals surface area contributed by atoms with Crippen LogP contribution in [0.4, 0.5) is 11.5 Å². The molecule has 1 amide bonds. The summed E-state index contributed by atoms with van der Waals surface area (Å²) in [6.07, 6.45) is 1.39. The largest absolute Gasteiger partial charge is 0.465 e. The summed E-state index contributed by atoms with van der Waals surface area (Å²) in [4.78, 5) is 37.2. The summed E-state index contributed by atoms with van der Waals surface area (Å²) in [5.74, 6) is -0.140. The third-order valence-corrected chi connectivity index (χ3v) is 4.89. The highest BCUT2D eigenvalue weighted by molar-refractivity contribution is 7.12. The Balaban J connectivity index is 1.74. The first-order valence-corrected chi connectivity index (χ1v) is 8.69. The lowest BCUT2D eigenvalue weighted by molar-refractivity contribution is 0.0607. The number of carbonyl (C=O) groups is 2. The fraction of sp³-hybridized carbons (Fsp3) is 0.375. The van der Waals surface area contributed by atoms with Crippen LogP contribution in [-0.4, -0.2) is 67.1 Å². The van der Waals surface area contributed by atoms with E-state index < -0.39 is 5.97 Å². The van der Waals surface area contributed by atoms with Gasteiger partial charge in [0.1, 0.15) is 22.7 Å². The maximum absolute atomic E-state index is 12.5. The number of likely N-dealkylation sites (N-methyl/N-ethyl adjacent to an activating group) is 1. The Morgan fingerprint density at radius 1 is 1.24 bits per heavy atom. The lowest BCUT2D eigenvalue weighted by Crippen LogP contribution is -2.44. The molecule has 1 aliphatic heterocycles. The molecule has 0 aromatic carbocycles. The van der Waals surface area contributed by atoms with E-state index in [-0.39, 0.29) is 11.6 Å². The Kier molecular flexibility index (Phi) is 5.25. The number of nitrogens with zero attached hydrogens (tertiary/aromatic N) is 4. The van der Waals surface area contributed by atoms with Crippen molar-refractivity contribution in [2.45, 2.75) is 0 Å².